The lowest BCUT2D eigenvalue weighted by Crippen LogP contribution is -2.39. The largest absolute Gasteiger partial charge is 0.354 e. The van der Waals surface area contributed by atoms with Crippen molar-refractivity contribution in [2.24, 2.45) is 5.73 Å². The number of rotatable bonds is 4. The topological polar surface area (TPSA) is 55.1 Å². The molecule has 0 aromatic carbocycles. The van der Waals surface area contributed by atoms with Gasteiger partial charge in [0.15, 0.2) is 0 Å². The van der Waals surface area contributed by atoms with Crippen molar-refractivity contribution in [2.45, 2.75) is 19.3 Å². The summed E-state index contributed by atoms with van der Waals surface area (Å²) in [6.45, 7) is 4.85. The van der Waals surface area contributed by atoms with Crippen LogP contribution in [0.5, 0.6) is 0 Å². The van der Waals surface area contributed by atoms with Crippen molar-refractivity contribution in [3.63, 3.8) is 0 Å². The first-order valence-electron chi connectivity index (χ1n) is 4.68. The molecule has 0 radical (unpaired) electrons. The Morgan fingerprint density at radius 3 is 2.73 bits per heavy atom. The molecule has 84 valence electrons. The molecule has 0 atom stereocenters. The zero-order valence-electron chi connectivity index (χ0n) is 8.84. The molecule has 0 saturated heterocycles. The van der Waals surface area contributed by atoms with E-state index in [9.17, 15) is 4.79 Å². The van der Waals surface area contributed by atoms with Crippen molar-refractivity contribution < 1.29 is 4.79 Å². The Hall–Kier alpha value is -0.390. The third-order valence-electron chi connectivity index (χ3n) is 2.15. The van der Waals surface area contributed by atoms with Crippen LogP contribution in [0, 0.1) is 0 Å². The summed E-state index contributed by atoms with van der Waals surface area (Å²) in [6.07, 6.45) is 0. The molecule has 0 saturated carbocycles. The van der Waals surface area contributed by atoms with E-state index >= 15 is 0 Å². The van der Waals surface area contributed by atoms with E-state index in [1.54, 1.807) is 11.3 Å². The number of carbonyl (C=O) groups is 1. The number of nitrogens with one attached hydrogen (secondary N) is 1. The molecule has 0 fully saturated rings. The summed E-state index contributed by atoms with van der Waals surface area (Å²) in [5.74, 6) is -0.112. The number of thiophene rings is 1. The smallest absolute Gasteiger partial charge is 0.233 e. The van der Waals surface area contributed by atoms with Gasteiger partial charge in [-0.3, -0.25) is 4.79 Å². The normalized spacial score (nSPS) is 11.5. The van der Waals surface area contributed by atoms with Gasteiger partial charge in [-0.2, -0.15) is 0 Å². The monoisotopic (exact) mass is 290 g/mol. The quantitative estimate of drug-likeness (QED) is 0.889. The fourth-order valence-corrected chi connectivity index (χ4v) is 2.64. The Bertz CT molecular complexity index is 349. The van der Waals surface area contributed by atoms with Crippen molar-refractivity contribution in [1.29, 1.82) is 0 Å². The Morgan fingerprint density at radius 2 is 2.27 bits per heavy atom. The molecular weight excluding hydrogens is 276 g/mol. The van der Waals surface area contributed by atoms with Gasteiger partial charge in [0.2, 0.25) is 5.91 Å². The SMILES string of the molecule is CC(C)(CNC(=O)CN)c1ccc(Br)s1. The number of nitrogens with two attached hydrogens (primary N) is 1. The van der Waals surface area contributed by atoms with Crippen LogP contribution in [-0.4, -0.2) is 19.0 Å². The van der Waals surface area contributed by atoms with E-state index in [0.29, 0.717) is 6.54 Å². The predicted octanol–water partition coefficient (Wildman–Crippen LogP) is 1.86. The summed E-state index contributed by atoms with van der Waals surface area (Å²) in [5, 5.41) is 2.81. The molecule has 1 heterocycles. The summed E-state index contributed by atoms with van der Waals surface area (Å²) >= 11 is 5.12. The van der Waals surface area contributed by atoms with Gasteiger partial charge in [-0.15, -0.1) is 11.3 Å². The van der Waals surface area contributed by atoms with Gasteiger partial charge >= 0.3 is 0 Å². The minimum Gasteiger partial charge on any atom is -0.354 e. The first kappa shape index (κ1) is 12.7. The zero-order valence-corrected chi connectivity index (χ0v) is 11.2. The van der Waals surface area contributed by atoms with E-state index < -0.39 is 0 Å². The van der Waals surface area contributed by atoms with E-state index in [2.05, 4.69) is 41.2 Å². The van der Waals surface area contributed by atoms with Gasteiger partial charge in [-0.25, -0.2) is 0 Å². The second kappa shape index (κ2) is 5.09. The van der Waals surface area contributed by atoms with Gasteiger partial charge in [-0.05, 0) is 28.1 Å². The van der Waals surface area contributed by atoms with E-state index in [0.717, 1.165) is 3.79 Å². The average Bonchev–Trinajstić information content (AvgIpc) is 2.62. The maximum absolute atomic E-state index is 11.1. The molecule has 1 rings (SSSR count). The highest BCUT2D eigenvalue weighted by Crippen LogP contribution is 2.32. The number of amides is 1. The number of carbonyl (C=O) groups excluding carboxylic acids is 1. The summed E-state index contributed by atoms with van der Waals surface area (Å²) < 4.78 is 1.11. The van der Waals surface area contributed by atoms with Crippen LogP contribution >= 0.6 is 27.3 Å². The molecule has 0 bridgehead atoms. The fourth-order valence-electron chi connectivity index (χ4n) is 1.16. The van der Waals surface area contributed by atoms with Gasteiger partial charge < -0.3 is 11.1 Å². The van der Waals surface area contributed by atoms with Crippen LogP contribution in [0.2, 0.25) is 0 Å². The van der Waals surface area contributed by atoms with Crippen LogP contribution in [0.3, 0.4) is 0 Å². The second-order valence-corrected chi connectivity index (χ2v) is 6.43. The highest BCUT2D eigenvalue weighted by atomic mass is 79.9. The predicted molar refractivity (Wildman–Crippen MR) is 67.1 cm³/mol. The van der Waals surface area contributed by atoms with Gasteiger partial charge in [0.25, 0.3) is 0 Å². The summed E-state index contributed by atoms with van der Waals surface area (Å²) in [4.78, 5) is 12.3. The van der Waals surface area contributed by atoms with E-state index in [-0.39, 0.29) is 17.9 Å². The highest BCUT2D eigenvalue weighted by Gasteiger charge is 2.22. The van der Waals surface area contributed by atoms with Crippen molar-refractivity contribution in [1.82, 2.24) is 5.32 Å². The van der Waals surface area contributed by atoms with Crippen LogP contribution in [-0.2, 0) is 10.2 Å². The molecule has 0 aliphatic rings. The molecule has 1 aromatic heterocycles. The number of halogens is 1. The van der Waals surface area contributed by atoms with Crippen LogP contribution < -0.4 is 11.1 Å². The summed E-state index contributed by atoms with van der Waals surface area (Å²) in [7, 11) is 0. The van der Waals surface area contributed by atoms with Gasteiger partial charge in [-0.1, -0.05) is 13.8 Å². The molecule has 0 aliphatic carbocycles. The maximum Gasteiger partial charge on any atom is 0.233 e. The Labute approximate surface area is 102 Å². The zero-order chi connectivity index (χ0) is 11.5. The molecule has 1 aromatic rings. The van der Waals surface area contributed by atoms with Crippen molar-refractivity contribution >= 4 is 33.2 Å². The van der Waals surface area contributed by atoms with Crippen LogP contribution in [0.15, 0.2) is 15.9 Å². The maximum atomic E-state index is 11.1. The van der Waals surface area contributed by atoms with Crippen molar-refractivity contribution in [3.05, 3.63) is 20.8 Å². The highest BCUT2D eigenvalue weighted by molar-refractivity contribution is 9.11. The summed E-state index contributed by atoms with van der Waals surface area (Å²) in [6, 6.07) is 4.09. The Kier molecular flexibility index (Phi) is 4.31. The first-order chi connectivity index (χ1) is 6.95. The molecule has 3 nitrogen and oxygen atoms in total. The van der Waals surface area contributed by atoms with Crippen LogP contribution in [0.25, 0.3) is 0 Å². The number of hydrogen-bond donors (Lipinski definition) is 2. The summed E-state index contributed by atoms with van der Waals surface area (Å²) in [5.41, 5.74) is 5.17. The van der Waals surface area contributed by atoms with Crippen molar-refractivity contribution in [2.75, 3.05) is 13.1 Å². The molecule has 0 aliphatic heterocycles. The van der Waals surface area contributed by atoms with Crippen LogP contribution in [0.4, 0.5) is 0 Å². The molecule has 3 N–H and O–H groups in total. The third kappa shape index (κ3) is 3.59. The minimum absolute atomic E-state index is 0.0458. The lowest BCUT2D eigenvalue weighted by atomic mass is 9.91. The molecule has 1 amide bonds. The van der Waals surface area contributed by atoms with E-state index in [1.807, 2.05) is 6.07 Å². The number of hydrogen-bond acceptors (Lipinski definition) is 3. The van der Waals surface area contributed by atoms with E-state index in [4.69, 9.17) is 5.73 Å². The van der Waals surface area contributed by atoms with E-state index in [1.165, 1.54) is 4.88 Å². The minimum atomic E-state index is -0.112. The Balaban J connectivity index is 2.63. The van der Waals surface area contributed by atoms with Crippen molar-refractivity contribution in [3.8, 4) is 0 Å². The molecule has 0 unspecified atom stereocenters. The molecule has 15 heavy (non-hydrogen) atoms. The molecule has 0 spiro atoms. The lowest BCUT2D eigenvalue weighted by Gasteiger charge is -2.23. The lowest BCUT2D eigenvalue weighted by molar-refractivity contribution is -0.119. The molecule has 5 heteroatoms. The molecular formula is C10H15BrN2OS. The standard InChI is InChI=1S/C10H15BrN2OS/c1-10(2,6-13-9(14)5-12)7-3-4-8(11)15-7/h3-4H,5-6,12H2,1-2H3,(H,13,14). The van der Waals surface area contributed by atoms with Gasteiger partial charge in [0, 0.05) is 16.8 Å². The Morgan fingerprint density at radius 1 is 1.60 bits per heavy atom. The second-order valence-electron chi connectivity index (χ2n) is 3.97. The van der Waals surface area contributed by atoms with Gasteiger partial charge in [0.05, 0.1) is 10.3 Å². The first-order valence-corrected chi connectivity index (χ1v) is 6.29. The fraction of sp³-hybridized carbons (Fsp3) is 0.500. The van der Waals surface area contributed by atoms with Crippen LogP contribution in [0.1, 0.15) is 18.7 Å². The average molecular weight is 291 g/mol. The van der Waals surface area contributed by atoms with Gasteiger partial charge in [0.1, 0.15) is 0 Å². The third-order valence-corrected chi connectivity index (χ3v) is 4.14.